The SMILES string of the molecule is Cn1c(=NC(=O)/C=C/c2ccccc2Cl)sc2cccc(F)c21. The summed E-state index contributed by atoms with van der Waals surface area (Å²) in [5, 5.41) is 0.561. The lowest BCUT2D eigenvalue weighted by atomic mass is 10.2. The third-order valence-corrected chi connectivity index (χ3v) is 4.73. The number of carbonyl (C=O) groups excluding carboxylic acids is 1. The first-order chi connectivity index (χ1) is 11.1. The second-order valence-electron chi connectivity index (χ2n) is 4.84. The molecule has 0 aliphatic heterocycles. The molecule has 6 heteroatoms. The van der Waals surface area contributed by atoms with Crippen LogP contribution in [0.15, 0.2) is 53.5 Å². The van der Waals surface area contributed by atoms with Crippen molar-refractivity contribution < 1.29 is 9.18 Å². The molecule has 23 heavy (non-hydrogen) atoms. The third-order valence-electron chi connectivity index (χ3n) is 3.29. The first-order valence-corrected chi connectivity index (χ1v) is 8.01. The second-order valence-corrected chi connectivity index (χ2v) is 6.25. The number of thiazole rings is 1. The van der Waals surface area contributed by atoms with Crippen LogP contribution in [0.25, 0.3) is 16.3 Å². The van der Waals surface area contributed by atoms with E-state index in [-0.39, 0.29) is 5.82 Å². The van der Waals surface area contributed by atoms with Gasteiger partial charge < -0.3 is 4.57 Å². The van der Waals surface area contributed by atoms with Crippen molar-refractivity contribution in [3.63, 3.8) is 0 Å². The fraction of sp³-hybridized carbons (Fsp3) is 0.0588. The number of hydrogen-bond acceptors (Lipinski definition) is 2. The van der Waals surface area contributed by atoms with Gasteiger partial charge in [0.15, 0.2) is 4.80 Å². The predicted molar refractivity (Wildman–Crippen MR) is 91.8 cm³/mol. The van der Waals surface area contributed by atoms with Gasteiger partial charge in [-0.05, 0) is 29.8 Å². The van der Waals surface area contributed by atoms with E-state index in [0.29, 0.717) is 15.3 Å². The van der Waals surface area contributed by atoms with Gasteiger partial charge in [-0.3, -0.25) is 4.79 Å². The van der Waals surface area contributed by atoms with Crippen LogP contribution in [0, 0.1) is 5.82 Å². The van der Waals surface area contributed by atoms with Crippen molar-refractivity contribution in [2.45, 2.75) is 0 Å². The largest absolute Gasteiger partial charge is 0.317 e. The molecular weight excluding hydrogens is 335 g/mol. The van der Waals surface area contributed by atoms with Gasteiger partial charge in [-0.15, -0.1) is 0 Å². The summed E-state index contributed by atoms with van der Waals surface area (Å²) in [6, 6.07) is 12.0. The number of rotatable bonds is 2. The zero-order valence-electron chi connectivity index (χ0n) is 12.2. The van der Waals surface area contributed by atoms with Gasteiger partial charge >= 0.3 is 0 Å². The van der Waals surface area contributed by atoms with E-state index >= 15 is 0 Å². The molecule has 3 rings (SSSR count). The molecule has 1 amide bonds. The lowest BCUT2D eigenvalue weighted by molar-refractivity contribution is -0.113. The Labute approximate surface area is 141 Å². The Balaban J connectivity index is 1.96. The molecule has 1 heterocycles. The summed E-state index contributed by atoms with van der Waals surface area (Å²) in [7, 11) is 1.69. The van der Waals surface area contributed by atoms with Crippen molar-refractivity contribution in [1.82, 2.24) is 4.57 Å². The highest BCUT2D eigenvalue weighted by molar-refractivity contribution is 7.16. The molecule has 0 spiro atoms. The highest BCUT2D eigenvalue weighted by Crippen LogP contribution is 2.19. The molecule has 3 aromatic rings. The lowest BCUT2D eigenvalue weighted by Gasteiger charge is -1.96. The number of para-hydroxylation sites is 1. The van der Waals surface area contributed by atoms with Crippen LogP contribution >= 0.6 is 22.9 Å². The Morgan fingerprint density at radius 1 is 1.26 bits per heavy atom. The summed E-state index contributed by atoms with van der Waals surface area (Å²) in [6.07, 6.45) is 2.96. The van der Waals surface area contributed by atoms with Gasteiger partial charge in [0, 0.05) is 18.1 Å². The van der Waals surface area contributed by atoms with Crippen molar-refractivity contribution in [3.05, 3.63) is 69.7 Å². The maximum Gasteiger partial charge on any atom is 0.272 e. The van der Waals surface area contributed by atoms with Gasteiger partial charge in [-0.25, -0.2) is 4.39 Å². The molecule has 2 aromatic carbocycles. The molecule has 0 fully saturated rings. The Morgan fingerprint density at radius 2 is 2.04 bits per heavy atom. The smallest absolute Gasteiger partial charge is 0.272 e. The van der Waals surface area contributed by atoms with Gasteiger partial charge in [0.05, 0.1) is 10.2 Å². The predicted octanol–water partition coefficient (Wildman–Crippen LogP) is 4.17. The molecule has 0 bridgehead atoms. The van der Waals surface area contributed by atoms with Crippen molar-refractivity contribution in [1.29, 1.82) is 0 Å². The summed E-state index contributed by atoms with van der Waals surface area (Å²) in [5.41, 5.74) is 1.18. The van der Waals surface area contributed by atoms with Gasteiger partial charge in [-0.1, -0.05) is 47.2 Å². The van der Waals surface area contributed by atoms with E-state index in [1.807, 2.05) is 12.1 Å². The third kappa shape index (κ3) is 3.25. The van der Waals surface area contributed by atoms with Crippen LogP contribution in [-0.4, -0.2) is 10.5 Å². The van der Waals surface area contributed by atoms with E-state index in [0.717, 1.165) is 10.3 Å². The first kappa shape index (κ1) is 15.6. The van der Waals surface area contributed by atoms with Crippen LogP contribution in [0.4, 0.5) is 4.39 Å². The Bertz CT molecular complexity index is 988. The van der Waals surface area contributed by atoms with Crippen LogP contribution in [0.3, 0.4) is 0 Å². The van der Waals surface area contributed by atoms with E-state index in [9.17, 15) is 9.18 Å². The van der Waals surface area contributed by atoms with Crippen LogP contribution in [0.5, 0.6) is 0 Å². The summed E-state index contributed by atoms with van der Waals surface area (Å²) in [6.45, 7) is 0. The first-order valence-electron chi connectivity index (χ1n) is 6.81. The lowest BCUT2D eigenvalue weighted by Crippen LogP contribution is -2.12. The minimum absolute atomic E-state index is 0.332. The Hall–Kier alpha value is -2.24. The molecular formula is C17H12ClFN2OS. The summed E-state index contributed by atoms with van der Waals surface area (Å²) < 4.78 is 16.2. The molecule has 0 atom stereocenters. The van der Waals surface area contributed by atoms with Crippen LogP contribution in [0.1, 0.15) is 5.56 Å². The number of aryl methyl sites for hydroxylation is 1. The van der Waals surface area contributed by atoms with Crippen LogP contribution in [0.2, 0.25) is 5.02 Å². The van der Waals surface area contributed by atoms with E-state index in [4.69, 9.17) is 11.6 Å². The van der Waals surface area contributed by atoms with Gasteiger partial charge in [-0.2, -0.15) is 4.99 Å². The summed E-state index contributed by atoms with van der Waals surface area (Å²) >= 11 is 7.29. The molecule has 0 N–H and O–H groups in total. The van der Waals surface area contributed by atoms with Gasteiger partial charge in [0.25, 0.3) is 5.91 Å². The summed E-state index contributed by atoms with van der Waals surface area (Å²) in [5.74, 6) is -0.755. The number of halogens is 2. The maximum atomic E-state index is 13.8. The number of fused-ring (bicyclic) bond motifs is 1. The fourth-order valence-corrected chi connectivity index (χ4v) is 3.40. The topological polar surface area (TPSA) is 34.4 Å². The molecule has 0 saturated carbocycles. The number of aromatic nitrogens is 1. The van der Waals surface area contributed by atoms with Crippen LogP contribution in [-0.2, 0) is 11.8 Å². The van der Waals surface area contributed by atoms with Gasteiger partial charge in [0.2, 0.25) is 0 Å². The molecule has 0 aliphatic rings. The quantitative estimate of drug-likeness (QED) is 0.641. The molecule has 0 aliphatic carbocycles. The average Bonchev–Trinajstić information content (AvgIpc) is 2.84. The molecule has 1 aromatic heterocycles. The highest BCUT2D eigenvalue weighted by Gasteiger charge is 2.08. The zero-order valence-corrected chi connectivity index (χ0v) is 13.7. The zero-order chi connectivity index (χ0) is 16.4. The number of carbonyl (C=O) groups is 1. The van der Waals surface area contributed by atoms with Crippen molar-refractivity contribution in [3.8, 4) is 0 Å². The number of nitrogens with zero attached hydrogens (tertiary/aromatic N) is 2. The van der Waals surface area contributed by atoms with E-state index in [2.05, 4.69) is 4.99 Å². The van der Waals surface area contributed by atoms with Crippen LogP contribution < -0.4 is 4.80 Å². The number of amides is 1. The van der Waals surface area contributed by atoms with E-state index in [1.54, 1.807) is 42.0 Å². The fourth-order valence-electron chi connectivity index (χ4n) is 2.17. The standard InChI is InChI=1S/C17H12ClFN2OS/c1-21-16-13(19)7-4-8-14(16)23-17(21)20-15(22)10-9-11-5-2-3-6-12(11)18/h2-10H,1H3/b10-9+,20-17?. The average molecular weight is 347 g/mol. The highest BCUT2D eigenvalue weighted by atomic mass is 35.5. The molecule has 0 saturated heterocycles. The number of benzene rings is 2. The molecule has 116 valence electrons. The van der Waals surface area contributed by atoms with Crippen molar-refractivity contribution in [2.75, 3.05) is 0 Å². The number of hydrogen-bond donors (Lipinski definition) is 0. The normalized spacial score (nSPS) is 12.4. The monoisotopic (exact) mass is 346 g/mol. The van der Waals surface area contributed by atoms with Crippen molar-refractivity contribution in [2.24, 2.45) is 12.0 Å². The minimum atomic E-state index is -0.424. The Morgan fingerprint density at radius 3 is 2.78 bits per heavy atom. The summed E-state index contributed by atoms with van der Waals surface area (Å²) in [4.78, 5) is 16.5. The van der Waals surface area contributed by atoms with E-state index < -0.39 is 5.91 Å². The maximum absolute atomic E-state index is 13.8. The molecule has 0 radical (unpaired) electrons. The molecule has 0 unspecified atom stereocenters. The molecule has 3 nitrogen and oxygen atoms in total. The van der Waals surface area contributed by atoms with Gasteiger partial charge in [0.1, 0.15) is 5.82 Å². The van der Waals surface area contributed by atoms with Crippen molar-refractivity contribution >= 4 is 45.1 Å². The minimum Gasteiger partial charge on any atom is -0.317 e. The second kappa shape index (κ2) is 6.48. The Kier molecular flexibility index (Phi) is 4.41. The van der Waals surface area contributed by atoms with E-state index in [1.165, 1.54) is 23.5 Å².